The number of benzene rings is 7. The first kappa shape index (κ1) is 23.9. The molecule has 0 N–H and O–H groups in total. The van der Waals surface area contributed by atoms with E-state index in [0.717, 1.165) is 32.5 Å². The summed E-state index contributed by atoms with van der Waals surface area (Å²) in [6.45, 7) is 0. The molecule has 10 rings (SSSR count). The van der Waals surface area contributed by atoms with Gasteiger partial charge in [0.15, 0.2) is 0 Å². The highest BCUT2D eigenvalue weighted by Gasteiger charge is 2.22. The number of aromatic nitrogens is 3. The Labute approximate surface area is 256 Å². The fourth-order valence-electron chi connectivity index (χ4n) is 7.01. The van der Waals surface area contributed by atoms with Gasteiger partial charge in [0.1, 0.15) is 0 Å². The molecule has 0 saturated carbocycles. The average molecular weight is 578 g/mol. The van der Waals surface area contributed by atoms with Crippen LogP contribution < -0.4 is 0 Å². The van der Waals surface area contributed by atoms with E-state index in [1.54, 1.807) is 11.3 Å². The van der Waals surface area contributed by atoms with E-state index >= 15 is 0 Å². The van der Waals surface area contributed by atoms with Crippen molar-refractivity contribution in [1.29, 1.82) is 0 Å². The standard InChI is InChI=1S/C40H23N3S/c1-2-13-27(14-3-1)35-39-36(32-22-19-26-12-6-9-17-30(26)38(32)44-39)42-40(41-35)43-33-23-20-24-10-4-7-15-28(24)34(33)31-21-18-25-11-5-8-16-29(25)37(31)43/h1-23H. The van der Waals surface area contributed by atoms with Gasteiger partial charge in [-0.15, -0.1) is 11.3 Å². The Bertz CT molecular complexity index is 2770. The van der Waals surface area contributed by atoms with Gasteiger partial charge in [-0.25, -0.2) is 9.97 Å². The van der Waals surface area contributed by atoms with Crippen molar-refractivity contribution in [1.82, 2.24) is 14.5 Å². The van der Waals surface area contributed by atoms with E-state index in [0.29, 0.717) is 5.95 Å². The Morgan fingerprint density at radius 3 is 1.86 bits per heavy atom. The summed E-state index contributed by atoms with van der Waals surface area (Å²) in [5.41, 5.74) is 5.30. The molecule has 4 heteroatoms. The monoisotopic (exact) mass is 577 g/mol. The van der Waals surface area contributed by atoms with Crippen LogP contribution in [0.2, 0.25) is 0 Å². The number of nitrogens with zero attached hydrogens (tertiary/aromatic N) is 3. The summed E-state index contributed by atoms with van der Waals surface area (Å²) < 4.78 is 4.67. The largest absolute Gasteiger partial charge is 0.277 e. The Morgan fingerprint density at radius 1 is 0.455 bits per heavy atom. The van der Waals surface area contributed by atoms with Gasteiger partial charge in [-0.05, 0) is 33.0 Å². The first-order valence-electron chi connectivity index (χ1n) is 14.8. The maximum absolute atomic E-state index is 5.45. The summed E-state index contributed by atoms with van der Waals surface area (Å²) in [5.74, 6) is 0.691. The minimum atomic E-state index is 0.691. The van der Waals surface area contributed by atoms with Crippen LogP contribution in [0.25, 0.3) is 91.6 Å². The third-order valence-corrected chi connectivity index (χ3v) is 10.2. The van der Waals surface area contributed by atoms with Crippen molar-refractivity contribution in [2.24, 2.45) is 0 Å². The molecule has 3 aromatic heterocycles. The Balaban J connectivity index is 1.42. The molecule has 0 fully saturated rings. The third kappa shape index (κ3) is 3.26. The highest BCUT2D eigenvalue weighted by atomic mass is 32.1. The molecule has 0 atom stereocenters. The molecule has 0 spiro atoms. The number of hydrogen-bond acceptors (Lipinski definition) is 3. The van der Waals surface area contributed by atoms with Crippen molar-refractivity contribution < 1.29 is 0 Å². The molecule has 0 aliphatic carbocycles. The van der Waals surface area contributed by atoms with Crippen LogP contribution in [0.4, 0.5) is 0 Å². The van der Waals surface area contributed by atoms with E-state index in [4.69, 9.17) is 9.97 Å². The number of hydrogen-bond donors (Lipinski definition) is 0. The maximum Gasteiger partial charge on any atom is 0.235 e. The van der Waals surface area contributed by atoms with Gasteiger partial charge in [0.05, 0.1) is 26.9 Å². The molecule has 10 aromatic rings. The fraction of sp³-hybridized carbons (Fsp3) is 0. The van der Waals surface area contributed by atoms with E-state index in [1.807, 2.05) is 0 Å². The second-order valence-corrected chi connectivity index (χ2v) is 12.4. The summed E-state index contributed by atoms with van der Waals surface area (Å²) in [6.07, 6.45) is 0. The van der Waals surface area contributed by atoms with Crippen molar-refractivity contribution in [3.05, 3.63) is 140 Å². The summed E-state index contributed by atoms with van der Waals surface area (Å²) in [4.78, 5) is 10.9. The molecule has 0 radical (unpaired) electrons. The van der Waals surface area contributed by atoms with Crippen LogP contribution in [0, 0.1) is 0 Å². The first-order chi connectivity index (χ1) is 21.8. The zero-order valence-corrected chi connectivity index (χ0v) is 24.3. The number of rotatable bonds is 2. The highest BCUT2D eigenvalue weighted by molar-refractivity contribution is 7.27. The predicted molar refractivity (Wildman–Crippen MR) is 187 cm³/mol. The van der Waals surface area contributed by atoms with Crippen LogP contribution >= 0.6 is 11.3 Å². The van der Waals surface area contributed by atoms with Gasteiger partial charge in [0, 0.05) is 31.8 Å². The molecular weight excluding hydrogens is 555 g/mol. The van der Waals surface area contributed by atoms with Gasteiger partial charge in [-0.2, -0.15) is 0 Å². The van der Waals surface area contributed by atoms with Crippen molar-refractivity contribution >= 4 is 85.8 Å². The van der Waals surface area contributed by atoms with E-state index < -0.39 is 0 Å². The lowest BCUT2D eigenvalue weighted by Gasteiger charge is -2.11. The third-order valence-electron chi connectivity index (χ3n) is 8.98. The molecule has 204 valence electrons. The molecule has 0 unspecified atom stereocenters. The summed E-state index contributed by atoms with van der Waals surface area (Å²) in [7, 11) is 0. The Kier molecular flexibility index (Phi) is 4.87. The topological polar surface area (TPSA) is 30.7 Å². The van der Waals surface area contributed by atoms with Gasteiger partial charge >= 0.3 is 0 Å². The predicted octanol–water partition coefficient (Wildman–Crippen LogP) is 11.1. The summed E-state index contributed by atoms with van der Waals surface area (Å²) in [5, 5.41) is 11.0. The van der Waals surface area contributed by atoms with Crippen LogP contribution in [0.15, 0.2) is 140 Å². The zero-order chi connectivity index (χ0) is 28.8. The smallest absolute Gasteiger partial charge is 0.235 e. The van der Waals surface area contributed by atoms with Gasteiger partial charge in [0.25, 0.3) is 0 Å². The Morgan fingerprint density at radius 2 is 1.07 bits per heavy atom. The lowest BCUT2D eigenvalue weighted by atomic mass is 10.0. The van der Waals surface area contributed by atoms with Crippen molar-refractivity contribution in [3.8, 4) is 17.2 Å². The normalized spacial score (nSPS) is 12.1. The molecule has 0 amide bonds. The molecule has 3 nitrogen and oxygen atoms in total. The van der Waals surface area contributed by atoms with Crippen LogP contribution in [-0.2, 0) is 0 Å². The van der Waals surface area contributed by atoms with Gasteiger partial charge in [-0.3, -0.25) is 4.57 Å². The molecule has 0 bridgehead atoms. The van der Waals surface area contributed by atoms with Crippen LogP contribution in [-0.4, -0.2) is 14.5 Å². The number of thiophene rings is 1. The van der Waals surface area contributed by atoms with E-state index in [2.05, 4.69) is 144 Å². The van der Waals surface area contributed by atoms with Gasteiger partial charge in [0.2, 0.25) is 5.95 Å². The maximum atomic E-state index is 5.45. The number of fused-ring (bicyclic) bond motifs is 12. The SMILES string of the molecule is c1ccc(-c2nc(-n3c4ccc5ccccc5c4c4ccc5ccccc5c43)nc3c2sc2c4ccccc4ccc32)cc1. The summed E-state index contributed by atoms with van der Waals surface area (Å²) >= 11 is 1.80. The van der Waals surface area contributed by atoms with E-state index in [-0.39, 0.29) is 0 Å². The molecule has 0 aliphatic rings. The van der Waals surface area contributed by atoms with E-state index in [9.17, 15) is 0 Å². The summed E-state index contributed by atoms with van der Waals surface area (Å²) in [6, 6.07) is 49.9. The van der Waals surface area contributed by atoms with Gasteiger partial charge < -0.3 is 0 Å². The van der Waals surface area contributed by atoms with Crippen molar-refractivity contribution in [3.63, 3.8) is 0 Å². The minimum absolute atomic E-state index is 0.691. The molecule has 0 aliphatic heterocycles. The second-order valence-electron chi connectivity index (χ2n) is 11.4. The zero-order valence-electron chi connectivity index (χ0n) is 23.5. The first-order valence-corrected chi connectivity index (χ1v) is 15.7. The quantitative estimate of drug-likeness (QED) is 0.205. The molecule has 0 saturated heterocycles. The van der Waals surface area contributed by atoms with Crippen LogP contribution in [0.5, 0.6) is 0 Å². The van der Waals surface area contributed by atoms with Crippen molar-refractivity contribution in [2.75, 3.05) is 0 Å². The lowest BCUT2D eigenvalue weighted by molar-refractivity contribution is 1.02. The molecule has 3 heterocycles. The lowest BCUT2D eigenvalue weighted by Crippen LogP contribution is -2.03. The highest BCUT2D eigenvalue weighted by Crippen LogP contribution is 2.44. The second kappa shape index (κ2) is 8.96. The molecule has 44 heavy (non-hydrogen) atoms. The van der Waals surface area contributed by atoms with Crippen molar-refractivity contribution in [2.45, 2.75) is 0 Å². The average Bonchev–Trinajstić information content (AvgIpc) is 3.65. The van der Waals surface area contributed by atoms with Crippen LogP contribution in [0.3, 0.4) is 0 Å². The molecule has 7 aromatic carbocycles. The minimum Gasteiger partial charge on any atom is -0.277 e. The fourth-order valence-corrected chi connectivity index (χ4v) is 8.29. The molecular formula is C40H23N3S. The van der Waals surface area contributed by atoms with Gasteiger partial charge in [-0.1, -0.05) is 133 Å². The van der Waals surface area contributed by atoms with E-state index in [1.165, 1.54) is 53.2 Å². The Hall–Kier alpha value is -5.58. The van der Waals surface area contributed by atoms with Crippen LogP contribution in [0.1, 0.15) is 0 Å².